The van der Waals surface area contributed by atoms with Crippen LogP contribution >= 0.6 is 0 Å². The zero-order chi connectivity index (χ0) is 10.8. The minimum Gasteiger partial charge on any atom is -0.393 e. The summed E-state index contributed by atoms with van der Waals surface area (Å²) in [6.07, 6.45) is 2.80. The van der Waals surface area contributed by atoms with Crippen molar-refractivity contribution in [3.63, 3.8) is 0 Å². The van der Waals surface area contributed by atoms with Gasteiger partial charge in [0.2, 0.25) is 0 Å². The molecule has 0 radical (unpaired) electrons. The van der Waals surface area contributed by atoms with Gasteiger partial charge in [-0.25, -0.2) is 0 Å². The molecule has 3 nitrogen and oxygen atoms in total. The Balaban J connectivity index is 3.10. The molecule has 0 rings (SSSR count). The van der Waals surface area contributed by atoms with Crippen LogP contribution in [0.2, 0.25) is 0 Å². The quantitative estimate of drug-likeness (QED) is 0.584. The minimum atomic E-state index is -0.286. The van der Waals surface area contributed by atoms with Crippen molar-refractivity contribution in [2.75, 3.05) is 19.8 Å². The first kappa shape index (κ1) is 13.9. The van der Waals surface area contributed by atoms with E-state index >= 15 is 0 Å². The van der Waals surface area contributed by atoms with Gasteiger partial charge in [0.25, 0.3) is 0 Å². The lowest BCUT2D eigenvalue weighted by atomic mass is 10.2. The van der Waals surface area contributed by atoms with Crippen LogP contribution in [0.4, 0.5) is 0 Å². The second-order valence-corrected chi connectivity index (χ2v) is 3.73. The highest BCUT2D eigenvalue weighted by Crippen LogP contribution is 2.01. The van der Waals surface area contributed by atoms with E-state index in [0.717, 1.165) is 13.0 Å². The summed E-state index contributed by atoms with van der Waals surface area (Å²) in [5.74, 6) is 0. The van der Waals surface area contributed by atoms with E-state index < -0.39 is 0 Å². The van der Waals surface area contributed by atoms with Crippen LogP contribution in [-0.4, -0.2) is 37.1 Å². The fourth-order valence-corrected chi connectivity index (χ4v) is 1.21. The van der Waals surface area contributed by atoms with Gasteiger partial charge in [0.1, 0.15) is 0 Å². The molecule has 14 heavy (non-hydrogen) atoms. The van der Waals surface area contributed by atoms with Gasteiger partial charge in [-0.2, -0.15) is 0 Å². The van der Waals surface area contributed by atoms with Gasteiger partial charge in [-0.1, -0.05) is 13.3 Å². The molecule has 0 spiro atoms. The Morgan fingerprint density at radius 3 is 2.43 bits per heavy atom. The molecule has 2 unspecified atom stereocenters. The molecule has 86 valence electrons. The Morgan fingerprint density at radius 2 is 1.86 bits per heavy atom. The topological polar surface area (TPSA) is 38.7 Å². The third kappa shape index (κ3) is 9.96. The third-order valence-corrected chi connectivity index (χ3v) is 1.95. The summed E-state index contributed by atoms with van der Waals surface area (Å²) in [4.78, 5) is 0. The van der Waals surface area contributed by atoms with Gasteiger partial charge in [-0.05, 0) is 26.7 Å². The molecular formula is C11H24O3. The van der Waals surface area contributed by atoms with Crippen LogP contribution in [0.1, 0.15) is 40.0 Å². The molecule has 0 saturated carbocycles. The van der Waals surface area contributed by atoms with E-state index in [1.54, 1.807) is 6.92 Å². The van der Waals surface area contributed by atoms with Crippen molar-refractivity contribution < 1.29 is 14.6 Å². The summed E-state index contributed by atoms with van der Waals surface area (Å²) < 4.78 is 10.8. The Hall–Kier alpha value is -0.120. The first-order valence-electron chi connectivity index (χ1n) is 5.54. The SMILES string of the molecule is CCCCOCCOC(C)CC(C)O. The molecule has 0 saturated heterocycles. The molecule has 0 aromatic carbocycles. The predicted molar refractivity (Wildman–Crippen MR) is 57.4 cm³/mol. The second-order valence-electron chi connectivity index (χ2n) is 3.73. The van der Waals surface area contributed by atoms with Crippen molar-refractivity contribution in [3.05, 3.63) is 0 Å². The summed E-state index contributed by atoms with van der Waals surface area (Å²) in [5.41, 5.74) is 0. The molecule has 0 heterocycles. The largest absolute Gasteiger partial charge is 0.393 e. The summed E-state index contributed by atoms with van der Waals surface area (Å²) >= 11 is 0. The lowest BCUT2D eigenvalue weighted by Crippen LogP contribution is -2.18. The van der Waals surface area contributed by atoms with E-state index in [1.165, 1.54) is 6.42 Å². The zero-order valence-corrected chi connectivity index (χ0v) is 9.66. The number of rotatable bonds is 9. The van der Waals surface area contributed by atoms with E-state index in [0.29, 0.717) is 19.6 Å². The number of hydrogen-bond acceptors (Lipinski definition) is 3. The summed E-state index contributed by atoms with van der Waals surface area (Å²) in [7, 11) is 0. The Morgan fingerprint density at radius 1 is 1.14 bits per heavy atom. The molecule has 0 aromatic heterocycles. The van der Waals surface area contributed by atoms with Crippen molar-refractivity contribution in [1.29, 1.82) is 0 Å². The fraction of sp³-hybridized carbons (Fsp3) is 1.00. The maximum atomic E-state index is 9.08. The van der Waals surface area contributed by atoms with Crippen molar-refractivity contribution in [3.8, 4) is 0 Å². The van der Waals surface area contributed by atoms with Crippen molar-refractivity contribution in [1.82, 2.24) is 0 Å². The van der Waals surface area contributed by atoms with E-state index in [4.69, 9.17) is 14.6 Å². The zero-order valence-electron chi connectivity index (χ0n) is 9.66. The highest BCUT2D eigenvalue weighted by atomic mass is 16.5. The minimum absolute atomic E-state index is 0.116. The molecule has 2 atom stereocenters. The molecule has 0 aliphatic heterocycles. The van der Waals surface area contributed by atoms with Crippen LogP contribution in [0.25, 0.3) is 0 Å². The van der Waals surface area contributed by atoms with Gasteiger partial charge in [-0.3, -0.25) is 0 Å². The molecule has 0 amide bonds. The number of aliphatic hydroxyl groups excluding tert-OH is 1. The fourth-order valence-electron chi connectivity index (χ4n) is 1.21. The molecule has 3 heteroatoms. The smallest absolute Gasteiger partial charge is 0.0704 e. The van der Waals surface area contributed by atoms with Crippen molar-refractivity contribution in [2.45, 2.75) is 52.2 Å². The summed E-state index contributed by atoms with van der Waals surface area (Å²) in [5, 5.41) is 9.08. The third-order valence-electron chi connectivity index (χ3n) is 1.95. The Labute approximate surface area is 87.4 Å². The normalized spacial score (nSPS) is 15.4. The lowest BCUT2D eigenvalue weighted by Gasteiger charge is -2.14. The van der Waals surface area contributed by atoms with Crippen molar-refractivity contribution >= 4 is 0 Å². The lowest BCUT2D eigenvalue weighted by molar-refractivity contribution is -0.00680. The van der Waals surface area contributed by atoms with Gasteiger partial charge < -0.3 is 14.6 Å². The highest BCUT2D eigenvalue weighted by molar-refractivity contribution is 4.55. The number of aliphatic hydroxyl groups is 1. The van der Waals surface area contributed by atoms with Gasteiger partial charge in [0.05, 0.1) is 25.4 Å². The van der Waals surface area contributed by atoms with Crippen LogP contribution in [0.3, 0.4) is 0 Å². The molecule has 0 aromatic rings. The molecule has 0 aliphatic carbocycles. The predicted octanol–water partition coefficient (Wildman–Crippen LogP) is 1.98. The van der Waals surface area contributed by atoms with E-state index in [1.807, 2.05) is 6.92 Å². The maximum Gasteiger partial charge on any atom is 0.0704 e. The van der Waals surface area contributed by atoms with E-state index in [9.17, 15) is 0 Å². The highest BCUT2D eigenvalue weighted by Gasteiger charge is 2.05. The molecular weight excluding hydrogens is 180 g/mol. The average molecular weight is 204 g/mol. The Kier molecular flexibility index (Phi) is 9.35. The van der Waals surface area contributed by atoms with Crippen LogP contribution < -0.4 is 0 Å². The average Bonchev–Trinajstić information content (AvgIpc) is 2.10. The molecule has 0 fully saturated rings. The number of unbranched alkanes of at least 4 members (excludes halogenated alkanes) is 1. The Bertz CT molecular complexity index is 115. The van der Waals surface area contributed by atoms with Crippen LogP contribution in [-0.2, 0) is 9.47 Å². The van der Waals surface area contributed by atoms with E-state index in [2.05, 4.69) is 6.92 Å². The number of hydrogen-bond donors (Lipinski definition) is 1. The first-order valence-corrected chi connectivity index (χ1v) is 5.54. The maximum absolute atomic E-state index is 9.08. The first-order chi connectivity index (χ1) is 6.66. The van der Waals surface area contributed by atoms with Crippen LogP contribution in [0.15, 0.2) is 0 Å². The molecule has 0 aliphatic rings. The van der Waals surface area contributed by atoms with Crippen molar-refractivity contribution in [2.24, 2.45) is 0 Å². The number of ether oxygens (including phenoxy) is 2. The second kappa shape index (κ2) is 9.44. The van der Waals surface area contributed by atoms with Crippen LogP contribution in [0, 0.1) is 0 Å². The van der Waals surface area contributed by atoms with Gasteiger partial charge in [0.15, 0.2) is 0 Å². The van der Waals surface area contributed by atoms with Gasteiger partial charge >= 0.3 is 0 Å². The monoisotopic (exact) mass is 204 g/mol. The molecule has 1 N–H and O–H groups in total. The molecule has 0 bridgehead atoms. The standard InChI is InChI=1S/C11H24O3/c1-4-5-6-13-7-8-14-11(3)9-10(2)12/h10-12H,4-9H2,1-3H3. The van der Waals surface area contributed by atoms with E-state index in [-0.39, 0.29) is 12.2 Å². The summed E-state index contributed by atoms with van der Waals surface area (Å²) in [6, 6.07) is 0. The summed E-state index contributed by atoms with van der Waals surface area (Å²) in [6.45, 7) is 7.99. The van der Waals surface area contributed by atoms with Crippen LogP contribution in [0.5, 0.6) is 0 Å². The van der Waals surface area contributed by atoms with Gasteiger partial charge in [-0.15, -0.1) is 0 Å². The van der Waals surface area contributed by atoms with Gasteiger partial charge in [0, 0.05) is 6.61 Å².